The van der Waals surface area contributed by atoms with Gasteiger partial charge in [0.1, 0.15) is 0 Å². The van der Waals surface area contributed by atoms with Crippen molar-refractivity contribution in [2.75, 3.05) is 25.6 Å². The van der Waals surface area contributed by atoms with E-state index in [4.69, 9.17) is 4.74 Å². The van der Waals surface area contributed by atoms with Crippen LogP contribution in [-0.4, -0.2) is 36.1 Å². The average molecular weight is 300 g/mol. The van der Waals surface area contributed by atoms with E-state index in [2.05, 4.69) is 20.6 Å². The van der Waals surface area contributed by atoms with Crippen molar-refractivity contribution >= 4 is 11.9 Å². The fourth-order valence-corrected chi connectivity index (χ4v) is 1.91. The Labute approximate surface area is 129 Å². The molecule has 6 nitrogen and oxygen atoms in total. The van der Waals surface area contributed by atoms with E-state index < -0.39 is 0 Å². The van der Waals surface area contributed by atoms with E-state index in [1.807, 2.05) is 37.3 Å². The van der Waals surface area contributed by atoms with Crippen molar-refractivity contribution in [3.63, 3.8) is 0 Å². The lowest BCUT2D eigenvalue weighted by Gasteiger charge is -2.14. The quantitative estimate of drug-likeness (QED) is 0.765. The molecule has 0 bridgehead atoms. The Balaban J connectivity index is 1.93. The zero-order valence-electron chi connectivity index (χ0n) is 12.7. The molecular weight excluding hydrogens is 280 g/mol. The van der Waals surface area contributed by atoms with Gasteiger partial charge in [0.05, 0.1) is 18.2 Å². The van der Waals surface area contributed by atoms with Gasteiger partial charge in [-0.05, 0) is 12.5 Å². The standard InChI is InChI=1S/C16H20N4O2/c1-12(13-6-4-3-5-7-13)20-16-18-10-14(11-19-16)15(21)17-8-9-22-2/h3-7,10-12H,8-9H2,1-2H3,(H,17,21)(H,18,19,20). The first-order valence-electron chi connectivity index (χ1n) is 7.11. The zero-order chi connectivity index (χ0) is 15.8. The maximum atomic E-state index is 11.8. The lowest BCUT2D eigenvalue weighted by molar-refractivity contribution is 0.0936. The van der Waals surface area contributed by atoms with Crippen LogP contribution in [0.25, 0.3) is 0 Å². The lowest BCUT2D eigenvalue weighted by Crippen LogP contribution is -2.27. The Bertz CT molecular complexity index is 587. The molecule has 1 amide bonds. The number of nitrogens with zero attached hydrogens (tertiary/aromatic N) is 2. The highest BCUT2D eigenvalue weighted by Crippen LogP contribution is 2.15. The molecule has 0 spiro atoms. The fraction of sp³-hybridized carbons (Fsp3) is 0.312. The molecule has 0 radical (unpaired) electrons. The van der Waals surface area contributed by atoms with Crippen molar-refractivity contribution in [1.82, 2.24) is 15.3 Å². The van der Waals surface area contributed by atoms with Crippen molar-refractivity contribution in [2.45, 2.75) is 13.0 Å². The largest absolute Gasteiger partial charge is 0.383 e. The summed E-state index contributed by atoms with van der Waals surface area (Å²) in [6, 6.07) is 10.1. The molecular formula is C16H20N4O2. The number of nitrogens with one attached hydrogen (secondary N) is 2. The summed E-state index contributed by atoms with van der Waals surface area (Å²) in [5.41, 5.74) is 1.57. The van der Waals surface area contributed by atoms with Crippen LogP contribution in [0, 0.1) is 0 Å². The van der Waals surface area contributed by atoms with Gasteiger partial charge in [-0.15, -0.1) is 0 Å². The molecule has 0 aliphatic carbocycles. The van der Waals surface area contributed by atoms with Crippen molar-refractivity contribution in [3.05, 3.63) is 53.9 Å². The van der Waals surface area contributed by atoms with Crippen molar-refractivity contribution in [1.29, 1.82) is 0 Å². The van der Waals surface area contributed by atoms with E-state index in [0.29, 0.717) is 24.7 Å². The summed E-state index contributed by atoms with van der Waals surface area (Å²) in [5, 5.41) is 5.92. The molecule has 0 fully saturated rings. The average Bonchev–Trinajstić information content (AvgIpc) is 2.56. The minimum Gasteiger partial charge on any atom is -0.383 e. The Kier molecular flexibility index (Phi) is 5.85. The molecule has 2 aromatic rings. The topological polar surface area (TPSA) is 76.1 Å². The number of carbonyl (C=O) groups excluding carboxylic acids is 1. The Morgan fingerprint density at radius 3 is 2.55 bits per heavy atom. The van der Waals surface area contributed by atoms with E-state index in [1.54, 1.807) is 7.11 Å². The highest BCUT2D eigenvalue weighted by molar-refractivity contribution is 5.93. The minimum absolute atomic E-state index is 0.0857. The number of carbonyl (C=O) groups is 1. The molecule has 22 heavy (non-hydrogen) atoms. The van der Waals surface area contributed by atoms with Gasteiger partial charge in [0.15, 0.2) is 0 Å². The minimum atomic E-state index is -0.209. The number of anilines is 1. The number of benzene rings is 1. The van der Waals surface area contributed by atoms with Crippen molar-refractivity contribution in [3.8, 4) is 0 Å². The molecule has 0 saturated heterocycles. The van der Waals surface area contributed by atoms with Gasteiger partial charge in [0, 0.05) is 26.0 Å². The molecule has 0 saturated carbocycles. The summed E-state index contributed by atoms with van der Waals surface area (Å²) >= 11 is 0. The predicted octanol–water partition coefficient (Wildman–Crippen LogP) is 2.03. The van der Waals surface area contributed by atoms with Crippen LogP contribution < -0.4 is 10.6 Å². The number of ether oxygens (including phenoxy) is 1. The normalized spacial score (nSPS) is 11.7. The summed E-state index contributed by atoms with van der Waals surface area (Å²) < 4.78 is 4.88. The Morgan fingerprint density at radius 1 is 1.23 bits per heavy atom. The number of rotatable bonds is 7. The highest BCUT2D eigenvalue weighted by atomic mass is 16.5. The monoisotopic (exact) mass is 300 g/mol. The summed E-state index contributed by atoms with van der Waals surface area (Å²) in [6.07, 6.45) is 3.02. The molecule has 1 aromatic carbocycles. The SMILES string of the molecule is COCCNC(=O)c1cnc(NC(C)c2ccccc2)nc1. The Morgan fingerprint density at radius 2 is 1.91 bits per heavy atom. The molecule has 1 aromatic heterocycles. The molecule has 1 atom stereocenters. The zero-order valence-corrected chi connectivity index (χ0v) is 12.7. The Hall–Kier alpha value is -2.47. The second-order valence-electron chi connectivity index (χ2n) is 4.82. The predicted molar refractivity (Wildman–Crippen MR) is 84.7 cm³/mol. The van der Waals surface area contributed by atoms with E-state index >= 15 is 0 Å². The maximum Gasteiger partial charge on any atom is 0.254 e. The number of amides is 1. The second kappa shape index (κ2) is 8.09. The van der Waals surface area contributed by atoms with Crippen LogP contribution in [0.15, 0.2) is 42.7 Å². The number of hydrogen-bond donors (Lipinski definition) is 2. The van der Waals surface area contributed by atoms with Crippen LogP contribution in [0.3, 0.4) is 0 Å². The lowest BCUT2D eigenvalue weighted by atomic mass is 10.1. The number of methoxy groups -OCH3 is 1. The third-order valence-corrected chi connectivity index (χ3v) is 3.15. The molecule has 2 rings (SSSR count). The van der Waals surface area contributed by atoms with Crippen LogP contribution >= 0.6 is 0 Å². The smallest absolute Gasteiger partial charge is 0.254 e. The summed E-state index contributed by atoms with van der Waals surface area (Å²) in [6.45, 7) is 2.96. The molecule has 0 aliphatic heterocycles. The molecule has 6 heteroatoms. The van der Waals surface area contributed by atoms with E-state index in [0.717, 1.165) is 5.56 Å². The van der Waals surface area contributed by atoms with Crippen molar-refractivity contribution < 1.29 is 9.53 Å². The summed E-state index contributed by atoms with van der Waals surface area (Å²) in [7, 11) is 1.59. The number of hydrogen-bond acceptors (Lipinski definition) is 5. The molecule has 116 valence electrons. The van der Waals surface area contributed by atoms with Gasteiger partial charge < -0.3 is 15.4 Å². The maximum absolute atomic E-state index is 11.8. The van der Waals surface area contributed by atoms with Crippen LogP contribution in [0.5, 0.6) is 0 Å². The fourth-order valence-electron chi connectivity index (χ4n) is 1.91. The van der Waals surface area contributed by atoms with E-state index in [1.165, 1.54) is 12.4 Å². The van der Waals surface area contributed by atoms with Crippen molar-refractivity contribution in [2.24, 2.45) is 0 Å². The van der Waals surface area contributed by atoms with E-state index in [9.17, 15) is 4.79 Å². The van der Waals surface area contributed by atoms with Crippen LogP contribution in [0.1, 0.15) is 28.9 Å². The van der Waals surface area contributed by atoms with Gasteiger partial charge in [-0.3, -0.25) is 4.79 Å². The number of aromatic nitrogens is 2. The van der Waals surface area contributed by atoms with Crippen LogP contribution in [-0.2, 0) is 4.74 Å². The summed E-state index contributed by atoms with van der Waals surface area (Å²) in [4.78, 5) is 20.2. The molecule has 2 N–H and O–H groups in total. The third-order valence-electron chi connectivity index (χ3n) is 3.15. The van der Waals surface area contributed by atoms with Gasteiger partial charge in [-0.2, -0.15) is 0 Å². The highest BCUT2D eigenvalue weighted by Gasteiger charge is 2.09. The molecule has 0 aliphatic rings. The van der Waals surface area contributed by atoms with Crippen LogP contribution in [0.2, 0.25) is 0 Å². The third kappa shape index (κ3) is 4.53. The van der Waals surface area contributed by atoms with E-state index in [-0.39, 0.29) is 11.9 Å². The first kappa shape index (κ1) is 15.9. The summed E-state index contributed by atoms with van der Waals surface area (Å²) in [5.74, 6) is 0.282. The van der Waals surface area contributed by atoms with Gasteiger partial charge in [-0.25, -0.2) is 9.97 Å². The van der Waals surface area contributed by atoms with Gasteiger partial charge in [-0.1, -0.05) is 30.3 Å². The second-order valence-corrected chi connectivity index (χ2v) is 4.82. The first-order chi connectivity index (χ1) is 10.7. The van der Waals surface area contributed by atoms with Gasteiger partial charge in [0.25, 0.3) is 5.91 Å². The van der Waals surface area contributed by atoms with Gasteiger partial charge in [0.2, 0.25) is 5.95 Å². The first-order valence-corrected chi connectivity index (χ1v) is 7.11. The van der Waals surface area contributed by atoms with Crippen LogP contribution in [0.4, 0.5) is 5.95 Å². The van der Waals surface area contributed by atoms with Gasteiger partial charge >= 0.3 is 0 Å². The molecule has 1 heterocycles. The molecule has 1 unspecified atom stereocenters.